The SMILES string of the molecule is Cc1cc([N+](=O)[O-])c(C)cc1-n1nc(N)c2c1CCOC2. The molecule has 0 aliphatic carbocycles. The van der Waals surface area contributed by atoms with Gasteiger partial charge in [-0.15, -0.1) is 0 Å². The number of nitrogen functional groups attached to an aromatic ring is 1. The first-order valence-electron chi connectivity index (χ1n) is 6.69. The quantitative estimate of drug-likeness (QED) is 0.674. The van der Waals surface area contributed by atoms with Crippen molar-refractivity contribution in [1.29, 1.82) is 0 Å². The molecule has 3 rings (SSSR count). The molecule has 0 spiro atoms. The first-order valence-corrected chi connectivity index (χ1v) is 6.69. The molecule has 1 aliphatic heterocycles. The highest BCUT2D eigenvalue weighted by Gasteiger charge is 2.23. The molecule has 0 fully saturated rings. The van der Waals surface area contributed by atoms with E-state index in [-0.39, 0.29) is 10.6 Å². The number of aryl methyl sites for hydroxylation is 2. The summed E-state index contributed by atoms with van der Waals surface area (Å²) in [5.41, 5.74) is 10.2. The number of nitro benzene ring substituents is 1. The summed E-state index contributed by atoms with van der Waals surface area (Å²) in [5.74, 6) is 0.458. The lowest BCUT2D eigenvalue weighted by Crippen LogP contribution is -2.14. The summed E-state index contributed by atoms with van der Waals surface area (Å²) in [5, 5.41) is 15.4. The number of nitro groups is 1. The van der Waals surface area contributed by atoms with E-state index in [0.717, 1.165) is 28.9 Å². The molecule has 0 saturated carbocycles. The number of benzene rings is 1. The van der Waals surface area contributed by atoms with Gasteiger partial charge in [0.1, 0.15) is 0 Å². The maximum Gasteiger partial charge on any atom is 0.272 e. The van der Waals surface area contributed by atoms with Gasteiger partial charge in [-0.2, -0.15) is 5.10 Å². The highest BCUT2D eigenvalue weighted by atomic mass is 16.6. The van der Waals surface area contributed by atoms with E-state index in [1.54, 1.807) is 23.7 Å². The van der Waals surface area contributed by atoms with E-state index < -0.39 is 0 Å². The Hall–Kier alpha value is -2.41. The van der Waals surface area contributed by atoms with Crippen LogP contribution < -0.4 is 5.73 Å². The summed E-state index contributed by atoms with van der Waals surface area (Å²) in [6.07, 6.45) is 0.731. The third kappa shape index (κ3) is 2.15. The average molecular weight is 288 g/mol. The number of hydrogen-bond donors (Lipinski definition) is 1. The van der Waals surface area contributed by atoms with E-state index in [1.165, 1.54) is 0 Å². The summed E-state index contributed by atoms with van der Waals surface area (Å²) < 4.78 is 7.20. The Kier molecular flexibility index (Phi) is 3.13. The van der Waals surface area contributed by atoms with Crippen LogP contribution in [0.2, 0.25) is 0 Å². The van der Waals surface area contributed by atoms with Crippen LogP contribution >= 0.6 is 0 Å². The van der Waals surface area contributed by atoms with Gasteiger partial charge >= 0.3 is 0 Å². The molecule has 0 bridgehead atoms. The normalized spacial score (nSPS) is 14.0. The Morgan fingerprint density at radius 2 is 2.14 bits per heavy atom. The van der Waals surface area contributed by atoms with Crippen molar-refractivity contribution >= 4 is 11.5 Å². The Labute approximate surface area is 121 Å². The minimum atomic E-state index is -0.368. The zero-order chi connectivity index (χ0) is 15.1. The van der Waals surface area contributed by atoms with Crippen LogP contribution in [-0.4, -0.2) is 21.3 Å². The maximum atomic E-state index is 11.0. The van der Waals surface area contributed by atoms with Crippen LogP contribution in [0.3, 0.4) is 0 Å². The third-order valence-electron chi connectivity index (χ3n) is 3.79. The highest BCUT2D eigenvalue weighted by molar-refractivity contribution is 5.55. The van der Waals surface area contributed by atoms with E-state index in [0.29, 0.717) is 24.6 Å². The van der Waals surface area contributed by atoms with Gasteiger partial charge in [0.05, 0.1) is 29.5 Å². The molecule has 1 aromatic heterocycles. The predicted molar refractivity (Wildman–Crippen MR) is 77.5 cm³/mol. The summed E-state index contributed by atoms with van der Waals surface area (Å²) in [4.78, 5) is 10.6. The lowest BCUT2D eigenvalue weighted by molar-refractivity contribution is -0.385. The van der Waals surface area contributed by atoms with Gasteiger partial charge in [0.25, 0.3) is 5.69 Å². The molecular weight excluding hydrogens is 272 g/mol. The van der Waals surface area contributed by atoms with Crippen molar-refractivity contribution in [2.45, 2.75) is 26.9 Å². The molecule has 7 nitrogen and oxygen atoms in total. The number of anilines is 1. The molecule has 0 atom stereocenters. The number of fused-ring (bicyclic) bond motifs is 1. The number of nitrogens with two attached hydrogens (primary N) is 1. The van der Waals surface area contributed by atoms with Crippen molar-refractivity contribution in [2.24, 2.45) is 0 Å². The van der Waals surface area contributed by atoms with Gasteiger partial charge in [-0.25, -0.2) is 4.68 Å². The van der Waals surface area contributed by atoms with Gasteiger partial charge in [0.15, 0.2) is 5.82 Å². The lowest BCUT2D eigenvalue weighted by Gasteiger charge is -2.16. The average Bonchev–Trinajstić information content (AvgIpc) is 2.78. The van der Waals surface area contributed by atoms with Gasteiger partial charge in [0.2, 0.25) is 0 Å². The van der Waals surface area contributed by atoms with Crippen LogP contribution in [0.25, 0.3) is 5.69 Å². The fourth-order valence-electron chi connectivity index (χ4n) is 2.67. The standard InChI is InChI=1S/C14H16N4O3/c1-8-6-13(18(19)20)9(2)5-12(8)17-11-3-4-21-7-10(11)14(15)16-17/h5-6H,3-4,7H2,1-2H3,(H2,15,16). The van der Waals surface area contributed by atoms with E-state index in [1.807, 2.05) is 6.92 Å². The molecule has 0 saturated heterocycles. The molecule has 21 heavy (non-hydrogen) atoms. The Bertz CT molecular complexity index is 736. The molecule has 0 radical (unpaired) electrons. The zero-order valence-electron chi connectivity index (χ0n) is 11.9. The highest BCUT2D eigenvalue weighted by Crippen LogP contribution is 2.29. The smallest absolute Gasteiger partial charge is 0.272 e. The van der Waals surface area contributed by atoms with Crippen LogP contribution in [0.5, 0.6) is 0 Å². The lowest BCUT2D eigenvalue weighted by atomic mass is 10.1. The largest absolute Gasteiger partial charge is 0.382 e. The van der Waals surface area contributed by atoms with Crippen molar-refractivity contribution < 1.29 is 9.66 Å². The van der Waals surface area contributed by atoms with Crippen LogP contribution in [0.4, 0.5) is 11.5 Å². The molecule has 0 unspecified atom stereocenters. The van der Waals surface area contributed by atoms with E-state index in [9.17, 15) is 10.1 Å². The minimum Gasteiger partial charge on any atom is -0.382 e. The van der Waals surface area contributed by atoms with Gasteiger partial charge in [-0.1, -0.05) is 0 Å². The molecule has 2 aromatic rings. The summed E-state index contributed by atoms with van der Waals surface area (Å²) in [6, 6.07) is 3.36. The first-order chi connectivity index (χ1) is 9.99. The summed E-state index contributed by atoms with van der Waals surface area (Å²) in [7, 11) is 0. The number of hydrogen-bond acceptors (Lipinski definition) is 5. The van der Waals surface area contributed by atoms with Crippen molar-refractivity contribution in [3.8, 4) is 5.69 Å². The molecule has 1 aromatic carbocycles. The van der Waals surface area contributed by atoms with Crippen molar-refractivity contribution in [3.05, 3.63) is 44.6 Å². The second-order valence-electron chi connectivity index (χ2n) is 5.21. The molecule has 0 amide bonds. The molecule has 1 aliphatic rings. The number of rotatable bonds is 2. The summed E-state index contributed by atoms with van der Waals surface area (Å²) >= 11 is 0. The zero-order valence-corrected chi connectivity index (χ0v) is 11.9. The van der Waals surface area contributed by atoms with Crippen molar-refractivity contribution in [3.63, 3.8) is 0 Å². The second kappa shape index (κ2) is 4.85. The monoisotopic (exact) mass is 288 g/mol. The van der Waals surface area contributed by atoms with E-state index in [2.05, 4.69) is 5.10 Å². The Morgan fingerprint density at radius 3 is 2.86 bits per heavy atom. The van der Waals surface area contributed by atoms with E-state index >= 15 is 0 Å². The fraction of sp³-hybridized carbons (Fsp3) is 0.357. The maximum absolute atomic E-state index is 11.0. The van der Waals surface area contributed by atoms with Crippen LogP contribution in [0, 0.1) is 24.0 Å². The van der Waals surface area contributed by atoms with Crippen molar-refractivity contribution in [2.75, 3.05) is 12.3 Å². The number of ether oxygens (including phenoxy) is 1. The van der Waals surface area contributed by atoms with E-state index in [4.69, 9.17) is 10.5 Å². The Morgan fingerprint density at radius 1 is 1.38 bits per heavy atom. The Balaban J connectivity index is 2.18. The second-order valence-corrected chi connectivity index (χ2v) is 5.21. The van der Waals surface area contributed by atoms with Gasteiger partial charge in [0, 0.05) is 23.6 Å². The summed E-state index contributed by atoms with van der Waals surface area (Å²) in [6.45, 7) is 4.66. The molecule has 2 heterocycles. The molecule has 2 N–H and O–H groups in total. The van der Waals surface area contributed by atoms with Crippen molar-refractivity contribution in [1.82, 2.24) is 9.78 Å². The third-order valence-corrected chi connectivity index (χ3v) is 3.79. The van der Waals surface area contributed by atoms with Gasteiger partial charge in [-0.3, -0.25) is 10.1 Å². The van der Waals surface area contributed by atoms with Gasteiger partial charge in [-0.05, 0) is 25.5 Å². The number of nitrogens with zero attached hydrogens (tertiary/aromatic N) is 3. The first kappa shape index (κ1) is 13.6. The fourth-order valence-corrected chi connectivity index (χ4v) is 2.67. The molecule has 110 valence electrons. The van der Waals surface area contributed by atoms with Crippen LogP contribution in [-0.2, 0) is 17.8 Å². The topological polar surface area (TPSA) is 96.2 Å². The molecular formula is C14H16N4O3. The number of aromatic nitrogens is 2. The molecule has 7 heteroatoms. The van der Waals surface area contributed by atoms with Crippen LogP contribution in [0.15, 0.2) is 12.1 Å². The predicted octanol–water partition coefficient (Wildman–Crippen LogP) is 2.05. The minimum absolute atomic E-state index is 0.119. The van der Waals surface area contributed by atoms with Gasteiger partial charge < -0.3 is 10.5 Å². The van der Waals surface area contributed by atoms with Crippen LogP contribution in [0.1, 0.15) is 22.4 Å².